The summed E-state index contributed by atoms with van der Waals surface area (Å²) in [7, 11) is 0. The number of allylic oxidation sites excluding steroid dienone is 6. The van der Waals surface area contributed by atoms with Crippen LogP contribution < -0.4 is 0 Å². The molecule has 0 N–H and O–H groups in total. The summed E-state index contributed by atoms with van der Waals surface area (Å²) in [6.45, 7) is 9.07. The minimum absolute atomic E-state index is 0.0803. The van der Waals surface area contributed by atoms with E-state index in [1.807, 2.05) is 71.2 Å². The van der Waals surface area contributed by atoms with Crippen LogP contribution in [-0.4, -0.2) is 11.6 Å². The molecule has 0 aliphatic heterocycles. The highest BCUT2D eigenvalue weighted by molar-refractivity contribution is 7.31. The fourth-order valence-electron chi connectivity index (χ4n) is 17.1. The minimum Gasteiger partial charge on any atom is -0.289 e. The zero-order valence-electron chi connectivity index (χ0n) is 59.7. The molecule has 0 saturated carbocycles. The van der Waals surface area contributed by atoms with Crippen LogP contribution in [0.2, 0.25) is 0 Å². The molecule has 11 aromatic rings. The van der Waals surface area contributed by atoms with Crippen LogP contribution in [0.1, 0.15) is 239 Å². The minimum atomic E-state index is -0.839. The predicted octanol–water partition coefficient (Wildman–Crippen LogP) is 25.6. The van der Waals surface area contributed by atoms with Crippen LogP contribution in [0.25, 0.3) is 63.0 Å². The van der Waals surface area contributed by atoms with E-state index in [0.717, 1.165) is 79.9 Å². The van der Waals surface area contributed by atoms with Crippen molar-refractivity contribution in [3.8, 4) is 45.2 Å². The summed E-state index contributed by atoms with van der Waals surface area (Å²) in [5.74, 6) is -0.389. The molecule has 514 valence electrons. The third kappa shape index (κ3) is 12.0. The zero-order valence-corrected chi connectivity index (χ0v) is 63.0. The van der Waals surface area contributed by atoms with E-state index in [0.29, 0.717) is 44.5 Å². The molecule has 0 radical (unpaired) electrons. The van der Waals surface area contributed by atoms with Gasteiger partial charge in [0.1, 0.15) is 35.4 Å². The molecule has 0 fully saturated rings. The van der Waals surface area contributed by atoms with Crippen molar-refractivity contribution in [2.75, 3.05) is 0 Å². The second-order valence-corrected chi connectivity index (χ2v) is 32.9. The van der Waals surface area contributed by atoms with Crippen LogP contribution in [0.4, 0.5) is 0 Å². The van der Waals surface area contributed by atoms with Crippen LogP contribution in [0.15, 0.2) is 192 Å². The molecule has 4 aliphatic rings. The number of carbonyl (C=O) groups excluding carboxylic acids is 2. The van der Waals surface area contributed by atoms with E-state index >= 15 is 0 Å². The van der Waals surface area contributed by atoms with E-state index in [1.165, 1.54) is 165 Å². The van der Waals surface area contributed by atoms with Gasteiger partial charge in [0.2, 0.25) is 0 Å². The number of nitrogens with zero attached hydrogens (tertiary/aromatic N) is 4. The number of fused-ring (bicyclic) bond motifs is 12. The Morgan fingerprint density at radius 3 is 0.942 bits per heavy atom. The maximum absolute atomic E-state index is 14.6. The topological polar surface area (TPSA) is 129 Å². The average Bonchev–Trinajstić information content (AvgIpc) is 1.49. The molecule has 0 bridgehead atoms. The van der Waals surface area contributed by atoms with Crippen molar-refractivity contribution in [3.63, 3.8) is 0 Å². The summed E-state index contributed by atoms with van der Waals surface area (Å²) in [5, 5.41) is 41.8. The van der Waals surface area contributed by atoms with Gasteiger partial charge in [-0.2, -0.15) is 21.0 Å². The van der Waals surface area contributed by atoms with Gasteiger partial charge in [0.25, 0.3) is 0 Å². The SMILES string of the molecule is CCCCCCc1ccc(C2(c3ccc(CCCCCC)cc3)c3cc4c(cc3-c3sc5cc(C=C6C(=O)c7ccccc7C6=C(C#N)C#N)sc5c32)C(c2ccc(CCCCCC)cc2)(c2ccc(CCCCCC)cc2)c2c-4sc3cc(/C=C4\C(=O)c5ccccc5C4=C(C#N)C#N)sc23)cc1. The van der Waals surface area contributed by atoms with E-state index in [4.69, 9.17) is 0 Å². The van der Waals surface area contributed by atoms with Crippen LogP contribution in [0.5, 0.6) is 0 Å². The Morgan fingerprint density at radius 2 is 0.654 bits per heavy atom. The molecule has 4 aromatic heterocycles. The molecule has 4 aliphatic carbocycles. The lowest BCUT2D eigenvalue weighted by molar-refractivity contribution is 0.103. The van der Waals surface area contributed by atoms with E-state index in [1.54, 1.807) is 34.8 Å². The first-order valence-electron chi connectivity index (χ1n) is 37.6. The molecule has 4 heterocycles. The molecule has 104 heavy (non-hydrogen) atoms. The molecular weight excluding hydrogens is 1350 g/mol. The summed E-state index contributed by atoms with van der Waals surface area (Å²) >= 11 is 7.01. The fourth-order valence-corrected chi connectivity index (χ4v) is 22.6. The highest BCUT2D eigenvalue weighted by Gasteiger charge is 2.55. The number of hydrogen-bond donors (Lipinski definition) is 0. The first kappa shape index (κ1) is 69.8. The maximum atomic E-state index is 14.6. The fraction of sp³-hybridized carbons (Fsp3) is 0.277. The number of aryl methyl sites for hydroxylation is 4. The zero-order chi connectivity index (χ0) is 71.6. The van der Waals surface area contributed by atoms with Crippen molar-refractivity contribution in [1.29, 1.82) is 21.0 Å². The number of ketones is 2. The van der Waals surface area contributed by atoms with Crippen molar-refractivity contribution in [3.05, 3.63) is 291 Å². The molecule has 7 aromatic carbocycles. The highest BCUT2D eigenvalue weighted by atomic mass is 32.1. The van der Waals surface area contributed by atoms with Crippen LogP contribution >= 0.6 is 45.3 Å². The first-order chi connectivity index (χ1) is 51.1. The van der Waals surface area contributed by atoms with Crippen LogP contribution in [-0.2, 0) is 36.5 Å². The molecule has 15 rings (SSSR count). The Kier molecular flexibility index (Phi) is 20.2. The van der Waals surface area contributed by atoms with E-state index < -0.39 is 10.8 Å². The molecular formula is C94H82N4O2S4. The number of benzene rings is 7. The number of nitriles is 4. The Balaban J connectivity index is 1.01. The van der Waals surface area contributed by atoms with Crippen molar-refractivity contribution in [1.82, 2.24) is 0 Å². The molecule has 0 amide bonds. The molecule has 0 atom stereocenters. The van der Waals surface area contributed by atoms with Gasteiger partial charge in [0, 0.05) is 73.5 Å². The van der Waals surface area contributed by atoms with E-state index in [-0.39, 0.29) is 22.7 Å². The standard InChI is InChI=1S/C94H82N4O2S4/c1-5-9-13-17-25-59-33-41-65(42-34-59)93(66-43-35-60(36-44-66)26-18-14-10-6-2)79-53-76-80(54-75(79)89-85(93)91-81(103-89)51-69(101-91)49-77-83(63(55-95)56-96)71-29-21-23-31-73(71)87(77)99)94(67-45-37-61(38-46-67)27-19-15-11-7-3,68-47-39-62(40-48-68)28-20-16-12-8-4)86-90(76)104-82-52-70(102-92(82)86)50-78-84(64(57-97)58-98)72-30-22-24-32-74(72)88(78)100/h21-24,29-54H,5-20,25-28H2,1-4H3/b77-49-,78-50?. The Labute approximate surface area is 628 Å². The lowest BCUT2D eigenvalue weighted by Gasteiger charge is -2.36. The maximum Gasteiger partial charge on any atom is 0.194 e. The number of carbonyl (C=O) groups is 2. The third-order valence-electron chi connectivity index (χ3n) is 22.2. The summed E-state index contributed by atoms with van der Waals surface area (Å²) in [6, 6.07) is 71.2. The van der Waals surface area contributed by atoms with Crippen LogP contribution in [0.3, 0.4) is 0 Å². The van der Waals surface area contributed by atoms with Crippen molar-refractivity contribution < 1.29 is 9.59 Å². The monoisotopic (exact) mass is 1430 g/mol. The molecule has 6 nitrogen and oxygen atoms in total. The number of Topliss-reactive ketones (excluding diaryl/α,β-unsaturated/α-hetero) is 2. The van der Waals surface area contributed by atoms with Gasteiger partial charge in [-0.3, -0.25) is 9.59 Å². The third-order valence-corrected chi connectivity index (χ3v) is 27.0. The van der Waals surface area contributed by atoms with Gasteiger partial charge in [-0.05, 0) is 166 Å². The van der Waals surface area contributed by atoms with Gasteiger partial charge in [-0.15, -0.1) is 45.3 Å². The first-order valence-corrected chi connectivity index (χ1v) is 40.8. The number of thiophene rings is 4. The van der Waals surface area contributed by atoms with Gasteiger partial charge in [0.05, 0.1) is 20.2 Å². The number of rotatable bonds is 26. The Hall–Kier alpha value is -9.88. The number of hydrogen-bond acceptors (Lipinski definition) is 10. The quantitative estimate of drug-likeness (QED) is 0.0302. The van der Waals surface area contributed by atoms with Crippen molar-refractivity contribution in [2.45, 2.75) is 167 Å². The second-order valence-electron chi connectivity index (χ2n) is 28.6. The molecule has 0 spiro atoms. The Morgan fingerprint density at radius 1 is 0.356 bits per heavy atom. The van der Waals surface area contributed by atoms with Crippen molar-refractivity contribution in [2.24, 2.45) is 0 Å². The predicted molar refractivity (Wildman–Crippen MR) is 433 cm³/mol. The normalized spacial score (nSPS) is 14.9. The summed E-state index contributed by atoms with van der Waals surface area (Å²) in [6.07, 6.45) is 26.7. The molecule has 10 heteroatoms. The lowest BCUT2D eigenvalue weighted by atomic mass is 9.65. The Bertz CT molecular complexity index is 5030. The van der Waals surface area contributed by atoms with Crippen molar-refractivity contribution >= 4 is 99.0 Å². The van der Waals surface area contributed by atoms with Gasteiger partial charge in [0.15, 0.2) is 11.6 Å². The van der Waals surface area contributed by atoms with E-state index in [9.17, 15) is 30.6 Å². The lowest BCUT2D eigenvalue weighted by Crippen LogP contribution is -2.30. The summed E-state index contributed by atoms with van der Waals surface area (Å²) in [5.41, 5.74) is 19.1. The molecule has 0 unspecified atom stereocenters. The van der Waals surface area contributed by atoms with Gasteiger partial charge in [-0.1, -0.05) is 250 Å². The summed E-state index contributed by atoms with van der Waals surface area (Å²) in [4.78, 5) is 33.5. The average molecular weight is 1430 g/mol. The summed E-state index contributed by atoms with van der Waals surface area (Å²) < 4.78 is 4.49. The van der Waals surface area contributed by atoms with Gasteiger partial charge in [-0.25, -0.2) is 0 Å². The second kappa shape index (κ2) is 30.1. The van der Waals surface area contributed by atoms with Crippen LogP contribution in [0, 0.1) is 45.3 Å². The van der Waals surface area contributed by atoms with Gasteiger partial charge >= 0.3 is 0 Å². The smallest absolute Gasteiger partial charge is 0.194 e. The number of unbranched alkanes of at least 4 members (excludes halogenated alkanes) is 12. The largest absolute Gasteiger partial charge is 0.289 e. The van der Waals surface area contributed by atoms with Gasteiger partial charge < -0.3 is 0 Å². The molecule has 0 saturated heterocycles. The highest BCUT2D eigenvalue weighted by Crippen LogP contribution is 2.68. The van der Waals surface area contributed by atoms with E-state index in [2.05, 4.69) is 173 Å².